The highest BCUT2D eigenvalue weighted by Gasteiger charge is 2.18. The number of anilines is 1. The molecule has 2 aromatic rings. The summed E-state index contributed by atoms with van der Waals surface area (Å²) in [6, 6.07) is 3.24. The highest BCUT2D eigenvalue weighted by molar-refractivity contribution is 7.94. The van der Waals surface area contributed by atoms with Crippen LogP contribution in [0.5, 0.6) is 0 Å². The molecule has 2 heterocycles. The van der Waals surface area contributed by atoms with Gasteiger partial charge in [-0.05, 0) is 26.0 Å². The molecule has 6 nitrogen and oxygen atoms in total. The Morgan fingerprint density at radius 2 is 2.20 bits per heavy atom. The molecule has 0 aromatic carbocycles. The second kappa shape index (κ2) is 5.51. The average molecular weight is 330 g/mol. The quantitative estimate of drug-likeness (QED) is 0.818. The summed E-state index contributed by atoms with van der Waals surface area (Å²) in [6.07, 6.45) is 3.12. The molecule has 0 saturated carbocycles. The van der Waals surface area contributed by atoms with E-state index >= 15 is 0 Å². The van der Waals surface area contributed by atoms with E-state index in [9.17, 15) is 8.42 Å². The topological polar surface area (TPSA) is 90.0 Å². The zero-order valence-corrected chi connectivity index (χ0v) is 13.3. The summed E-state index contributed by atoms with van der Waals surface area (Å²) in [7, 11) is -3.64. The van der Waals surface area contributed by atoms with Crippen molar-refractivity contribution in [3.05, 3.63) is 29.4 Å². The Hall–Kier alpha value is -1.45. The zero-order chi connectivity index (χ0) is 14.9. The number of hydrogen-bond donors (Lipinski definition) is 2. The predicted octanol–water partition coefficient (Wildman–Crippen LogP) is 1.96. The van der Waals surface area contributed by atoms with Crippen molar-refractivity contribution in [3.63, 3.8) is 0 Å². The lowest BCUT2D eigenvalue weighted by Gasteiger charge is -2.04. The molecule has 3 N–H and O–H groups in total. The lowest BCUT2D eigenvalue weighted by Crippen LogP contribution is -2.11. The summed E-state index contributed by atoms with van der Waals surface area (Å²) in [6.45, 7) is 3.91. The van der Waals surface area contributed by atoms with Crippen molar-refractivity contribution in [2.75, 3.05) is 4.72 Å². The van der Waals surface area contributed by atoms with Crippen molar-refractivity contribution in [1.82, 2.24) is 9.78 Å². The van der Waals surface area contributed by atoms with Crippen molar-refractivity contribution in [2.45, 2.75) is 24.1 Å². The fourth-order valence-corrected chi connectivity index (χ4v) is 3.85. The van der Waals surface area contributed by atoms with Gasteiger partial charge in [0.2, 0.25) is 0 Å². The second-order valence-corrected chi connectivity index (χ2v) is 7.82. The molecule has 108 valence electrons. The van der Waals surface area contributed by atoms with Gasteiger partial charge in [0.15, 0.2) is 0 Å². The van der Waals surface area contributed by atoms with Crippen LogP contribution in [0.2, 0.25) is 0 Å². The number of nitrogens with one attached hydrogen (secondary N) is 1. The van der Waals surface area contributed by atoms with E-state index in [-0.39, 0.29) is 15.2 Å². The number of nitrogens with two attached hydrogens (primary N) is 1. The van der Waals surface area contributed by atoms with Crippen LogP contribution in [-0.2, 0) is 10.0 Å². The molecule has 0 saturated heterocycles. The van der Waals surface area contributed by atoms with Gasteiger partial charge in [-0.1, -0.05) is 12.2 Å². The van der Waals surface area contributed by atoms with Gasteiger partial charge in [-0.15, -0.1) is 11.3 Å². The van der Waals surface area contributed by atoms with E-state index in [0.29, 0.717) is 10.6 Å². The molecule has 0 fully saturated rings. The van der Waals surface area contributed by atoms with E-state index in [1.165, 1.54) is 12.3 Å². The molecule has 0 bridgehead atoms. The molecule has 0 amide bonds. The fourth-order valence-electron chi connectivity index (χ4n) is 1.48. The van der Waals surface area contributed by atoms with Gasteiger partial charge >= 0.3 is 0 Å². The highest BCUT2D eigenvalue weighted by atomic mass is 32.2. The van der Waals surface area contributed by atoms with Gasteiger partial charge in [-0.2, -0.15) is 5.10 Å². The maximum absolute atomic E-state index is 12.2. The zero-order valence-electron chi connectivity index (χ0n) is 10.9. The first-order chi connectivity index (χ1) is 9.29. The molecular formula is C11H14N4O2S3. The van der Waals surface area contributed by atoms with E-state index in [4.69, 9.17) is 18.0 Å². The fraction of sp³-hybridized carbons (Fsp3) is 0.273. The molecule has 0 aliphatic heterocycles. The lowest BCUT2D eigenvalue weighted by atomic mass is 10.4. The van der Waals surface area contributed by atoms with Crippen LogP contribution in [0, 0.1) is 0 Å². The van der Waals surface area contributed by atoms with E-state index in [0.717, 1.165) is 11.3 Å². The van der Waals surface area contributed by atoms with Crippen LogP contribution in [0.25, 0.3) is 0 Å². The molecule has 9 heteroatoms. The standard InChI is InChI=1S/C11H14N4O2S3/c1-7(2)15-6-8(5-13-15)14-20(16,17)10-4-3-9(19-10)11(12)18/h3-7,14H,1-2H3,(H2,12,18). The van der Waals surface area contributed by atoms with Crippen molar-refractivity contribution in [1.29, 1.82) is 0 Å². The molecule has 0 spiro atoms. The third-order valence-electron chi connectivity index (χ3n) is 2.47. The van der Waals surface area contributed by atoms with Gasteiger partial charge in [0.25, 0.3) is 10.0 Å². The minimum Gasteiger partial charge on any atom is -0.389 e. The van der Waals surface area contributed by atoms with E-state index < -0.39 is 10.0 Å². The second-order valence-electron chi connectivity index (χ2n) is 4.39. The van der Waals surface area contributed by atoms with Crippen LogP contribution in [0.3, 0.4) is 0 Å². The molecule has 0 aliphatic rings. The van der Waals surface area contributed by atoms with Crippen LogP contribution in [0.4, 0.5) is 5.69 Å². The van der Waals surface area contributed by atoms with Gasteiger partial charge in [0, 0.05) is 12.2 Å². The van der Waals surface area contributed by atoms with Crippen LogP contribution in [-0.4, -0.2) is 23.2 Å². The Kier molecular flexibility index (Phi) is 4.11. The molecular weight excluding hydrogens is 316 g/mol. The van der Waals surface area contributed by atoms with Crippen LogP contribution >= 0.6 is 23.6 Å². The van der Waals surface area contributed by atoms with Crippen molar-refractivity contribution >= 4 is 44.3 Å². The molecule has 0 radical (unpaired) electrons. The number of hydrogen-bond acceptors (Lipinski definition) is 5. The van der Waals surface area contributed by atoms with E-state index in [1.54, 1.807) is 16.9 Å². The molecule has 2 aromatic heterocycles. The number of rotatable bonds is 5. The van der Waals surface area contributed by atoms with Crippen LogP contribution in [0.15, 0.2) is 28.7 Å². The van der Waals surface area contributed by atoms with E-state index in [2.05, 4.69) is 9.82 Å². The smallest absolute Gasteiger partial charge is 0.271 e. The van der Waals surface area contributed by atoms with E-state index in [1.807, 2.05) is 13.8 Å². The predicted molar refractivity (Wildman–Crippen MR) is 83.6 cm³/mol. The number of sulfonamides is 1. The summed E-state index contributed by atoms with van der Waals surface area (Å²) in [5.74, 6) is 0. The first-order valence-corrected chi connectivity index (χ1v) is 8.47. The molecule has 0 atom stereocenters. The Morgan fingerprint density at radius 3 is 2.70 bits per heavy atom. The summed E-state index contributed by atoms with van der Waals surface area (Å²) in [5.41, 5.74) is 5.89. The highest BCUT2D eigenvalue weighted by Crippen LogP contribution is 2.24. The third-order valence-corrected chi connectivity index (χ3v) is 5.81. The van der Waals surface area contributed by atoms with Crippen LogP contribution < -0.4 is 10.5 Å². The minimum atomic E-state index is -3.64. The number of aromatic nitrogens is 2. The SMILES string of the molecule is CC(C)n1cc(NS(=O)(=O)c2ccc(C(N)=S)s2)cn1. The number of thiophene rings is 1. The molecule has 0 unspecified atom stereocenters. The summed E-state index contributed by atoms with van der Waals surface area (Å²) < 4.78 is 28.7. The molecule has 0 aliphatic carbocycles. The summed E-state index contributed by atoms with van der Waals surface area (Å²) in [4.78, 5) is 0.752. The summed E-state index contributed by atoms with van der Waals surface area (Å²) >= 11 is 5.86. The number of thiocarbonyl (C=S) groups is 1. The van der Waals surface area contributed by atoms with Crippen LogP contribution in [0.1, 0.15) is 24.8 Å². The van der Waals surface area contributed by atoms with Gasteiger partial charge < -0.3 is 5.73 Å². The Labute approximate surface area is 126 Å². The maximum Gasteiger partial charge on any atom is 0.271 e. The lowest BCUT2D eigenvalue weighted by molar-refractivity contribution is 0.532. The van der Waals surface area contributed by atoms with Crippen molar-refractivity contribution in [3.8, 4) is 0 Å². The minimum absolute atomic E-state index is 0.163. The molecule has 2 rings (SSSR count). The summed E-state index contributed by atoms with van der Waals surface area (Å²) in [5, 5.41) is 4.08. The monoisotopic (exact) mass is 330 g/mol. The number of nitrogens with zero attached hydrogens (tertiary/aromatic N) is 2. The third kappa shape index (κ3) is 3.17. The van der Waals surface area contributed by atoms with Gasteiger partial charge in [0.1, 0.15) is 9.20 Å². The Morgan fingerprint density at radius 1 is 1.50 bits per heavy atom. The van der Waals surface area contributed by atoms with Gasteiger partial charge in [-0.25, -0.2) is 8.42 Å². The first-order valence-electron chi connectivity index (χ1n) is 5.76. The van der Waals surface area contributed by atoms with Gasteiger partial charge in [-0.3, -0.25) is 9.40 Å². The Bertz CT molecular complexity index is 730. The Balaban J connectivity index is 2.23. The van der Waals surface area contributed by atoms with Crippen molar-refractivity contribution < 1.29 is 8.42 Å². The largest absolute Gasteiger partial charge is 0.389 e. The van der Waals surface area contributed by atoms with Gasteiger partial charge in [0.05, 0.1) is 16.8 Å². The first kappa shape index (κ1) is 14.9. The average Bonchev–Trinajstić information content (AvgIpc) is 2.95. The normalized spacial score (nSPS) is 11.8. The van der Waals surface area contributed by atoms with Crippen molar-refractivity contribution in [2.24, 2.45) is 5.73 Å². The molecule has 20 heavy (non-hydrogen) atoms. The maximum atomic E-state index is 12.2.